The lowest BCUT2D eigenvalue weighted by molar-refractivity contribution is -0.106. The number of para-hydroxylation sites is 1. The average Bonchev–Trinajstić information content (AvgIpc) is 2.39. The third-order valence-electron chi connectivity index (χ3n) is 2.40. The standard InChI is InChI=1S/C13H13O4P/c1-11-7-5-6-10-13(11)16-17-18(14,15)12-8-3-2-4-9-12/h2-10H,1H3,(H,14,15). The first-order chi connectivity index (χ1) is 8.59. The van der Waals surface area contributed by atoms with Gasteiger partial charge in [-0.25, -0.2) is 0 Å². The van der Waals surface area contributed by atoms with E-state index in [-0.39, 0.29) is 5.30 Å². The van der Waals surface area contributed by atoms with Gasteiger partial charge in [0.25, 0.3) is 0 Å². The van der Waals surface area contributed by atoms with Crippen LogP contribution >= 0.6 is 7.60 Å². The van der Waals surface area contributed by atoms with Crippen molar-refractivity contribution in [2.24, 2.45) is 0 Å². The predicted octanol–water partition coefficient (Wildman–Crippen LogP) is 2.82. The fraction of sp³-hybridized carbons (Fsp3) is 0.0769. The van der Waals surface area contributed by atoms with Gasteiger partial charge in [0.15, 0.2) is 5.75 Å². The Labute approximate surface area is 105 Å². The molecule has 94 valence electrons. The van der Waals surface area contributed by atoms with E-state index in [1.54, 1.807) is 30.3 Å². The van der Waals surface area contributed by atoms with E-state index in [0.717, 1.165) is 5.56 Å². The molecule has 1 N–H and O–H groups in total. The summed E-state index contributed by atoms with van der Waals surface area (Å²) in [6.45, 7) is 1.82. The zero-order valence-electron chi connectivity index (χ0n) is 9.82. The van der Waals surface area contributed by atoms with E-state index in [9.17, 15) is 9.46 Å². The van der Waals surface area contributed by atoms with Crippen LogP contribution in [0, 0.1) is 6.92 Å². The topological polar surface area (TPSA) is 55.8 Å². The van der Waals surface area contributed by atoms with Gasteiger partial charge in [-0.2, -0.15) is 0 Å². The highest BCUT2D eigenvalue weighted by molar-refractivity contribution is 7.61. The van der Waals surface area contributed by atoms with E-state index in [0.29, 0.717) is 5.75 Å². The molecule has 2 aromatic rings. The van der Waals surface area contributed by atoms with Gasteiger partial charge in [-0.05, 0) is 30.7 Å². The molecule has 0 fully saturated rings. The Morgan fingerprint density at radius 1 is 1.00 bits per heavy atom. The van der Waals surface area contributed by atoms with Crippen LogP contribution in [0.1, 0.15) is 5.56 Å². The first-order valence-corrected chi connectivity index (χ1v) is 6.98. The Morgan fingerprint density at radius 2 is 1.61 bits per heavy atom. The lowest BCUT2D eigenvalue weighted by Crippen LogP contribution is -2.08. The first kappa shape index (κ1) is 12.8. The maximum Gasteiger partial charge on any atom is 0.396 e. The second-order valence-corrected chi connectivity index (χ2v) is 5.49. The Hall–Kier alpha value is -1.61. The summed E-state index contributed by atoms with van der Waals surface area (Å²) in [6, 6.07) is 15.2. The lowest BCUT2D eigenvalue weighted by atomic mass is 10.2. The Morgan fingerprint density at radius 3 is 2.28 bits per heavy atom. The average molecular weight is 264 g/mol. The maximum absolute atomic E-state index is 11.9. The van der Waals surface area contributed by atoms with Crippen LogP contribution in [-0.2, 0) is 9.24 Å². The second kappa shape index (κ2) is 5.36. The highest BCUT2D eigenvalue weighted by Gasteiger charge is 2.24. The zero-order valence-corrected chi connectivity index (χ0v) is 10.7. The zero-order chi connectivity index (χ0) is 13.0. The van der Waals surface area contributed by atoms with Crippen LogP contribution in [0.5, 0.6) is 5.75 Å². The Balaban J connectivity index is 2.11. The molecule has 0 heterocycles. The molecule has 0 aromatic heterocycles. The summed E-state index contributed by atoms with van der Waals surface area (Å²) in [6.07, 6.45) is 0. The normalized spacial score (nSPS) is 13.9. The maximum atomic E-state index is 11.9. The molecule has 0 saturated carbocycles. The van der Waals surface area contributed by atoms with Crippen LogP contribution in [0.25, 0.3) is 0 Å². The number of hydrogen-bond donors (Lipinski definition) is 1. The first-order valence-electron chi connectivity index (χ1n) is 5.40. The van der Waals surface area contributed by atoms with Crippen molar-refractivity contribution in [3.05, 3.63) is 60.2 Å². The largest absolute Gasteiger partial charge is 0.396 e. The van der Waals surface area contributed by atoms with E-state index >= 15 is 0 Å². The molecule has 0 radical (unpaired) electrons. The number of hydrogen-bond acceptors (Lipinski definition) is 3. The van der Waals surface area contributed by atoms with Crippen molar-refractivity contribution < 1.29 is 19.0 Å². The van der Waals surface area contributed by atoms with Crippen molar-refractivity contribution in [3.8, 4) is 5.75 Å². The summed E-state index contributed by atoms with van der Waals surface area (Å²) in [5.74, 6) is 0.419. The molecule has 5 heteroatoms. The Bertz CT molecular complexity index is 568. The number of rotatable bonds is 4. The summed E-state index contributed by atoms with van der Waals surface area (Å²) in [4.78, 5) is 14.7. The van der Waals surface area contributed by atoms with Gasteiger partial charge < -0.3 is 9.78 Å². The van der Waals surface area contributed by atoms with Gasteiger partial charge in [-0.3, -0.25) is 4.57 Å². The van der Waals surface area contributed by atoms with Crippen molar-refractivity contribution >= 4 is 12.9 Å². The molecular formula is C13H13O4P. The van der Waals surface area contributed by atoms with Crippen molar-refractivity contribution in [2.45, 2.75) is 6.92 Å². The van der Waals surface area contributed by atoms with Crippen molar-refractivity contribution in [1.82, 2.24) is 0 Å². The minimum Gasteiger partial charge on any atom is -0.328 e. The smallest absolute Gasteiger partial charge is 0.328 e. The minimum absolute atomic E-state index is 0.193. The van der Waals surface area contributed by atoms with Crippen molar-refractivity contribution in [3.63, 3.8) is 0 Å². The molecular weight excluding hydrogens is 251 g/mol. The SMILES string of the molecule is Cc1ccccc1OOP(=O)(O)c1ccccc1. The molecule has 2 aromatic carbocycles. The van der Waals surface area contributed by atoms with Gasteiger partial charge >= 0.3 is 7.60 Å². The third kappa shape index (κ3) is 2.99. The summed E-state index contributed by atoms with van der Waals surface area (Å²) in [5, 5.41) is 0.193. The molecule has 0 spiro atoms. The highest BCUT2D eigenvalue weighted by atomic mass is 31.2. The van der Waals surface area contributed by atoms with Crippen LogP contribution in [0.4, 0.5) is 0 Å². The lowest BCUT2D eigenvalue weighted by Gasteiger charge is -2.12. The molecule has 0 aliphatic carbocycles. The summed E-state index contributed by atoms with van der Waals surface area (Å²) in [5.41, 5.74) is 0.825. The van der Waals surface area contributed by atoms with E-state index in [1.807, 2.05) is 19.1 Å². The summed E-state index contributed by atoms with van der Waals surface area (Å²) >= 11 is 0. The van der Waals surface area contributed by atoms with Gasteiger partial charge in [0.1, 0.15) is 0 Å². The molecule has 0 aliphatic rings. The molecule has 0 amide bonds. The second-order valence-electron chi connectivity index (χ2n) is 3.78. The molecule has 18 heavy (non-hydrogen) atoms. The minimum atomic E-state index is -3.95. The summed E-state index contributed by atoms with van der Waals surface area (Å²) in [7, 11) is -3.95. The highest BCUT2D eigenvalue weighted by Crippen LogP contribution is 2.41. The predicted molar refractivity (Wildman–Crippen MR) is 68.8 cm³/mol. The van der Waals surface area contributed by atoms with Gasteiger partial charge in [-0.1, -0.05) is 41.1 Å². The number of benzene rings is 2. The van der Waals surface area contributed by atoms with E-state index in [2.05, 4.69) is 0 Å². The quantitative estimate of drug-likeness (QED) is 0.524. The van der Waals surface area contributed by atoms with Crippen LogP contribution in [0.15, 0.2) is 54.6 Å². The molecule has 0 bridgehead atoms. The van der Waals surface area contributed by atoms with Crippen LogP contribution in [0.3, 0.4) is 0 Å². The molecule has 4 nitrogen and oxygen atoms in total. The van der Waals surface area contributed by atoms with E-state index < -0.39 is 7.60 Å². The van der Waals surface area contributed by atoms with Crippen molar-refractivity contribution in [2.75, 3.05) is 0 Å². The summed E-state index contributed by atoms with van der Waals surface area (Å²) < 4.78 is 16.6. The van der Waals surface area contributed by atoms with Gasteiger partial charge in [-0.15, -0.1) is 0 Å². The van der Waals surface area contributed by atoms with Gasteiger partial charge in [0, 0.05) is 0 Å². The molecule has 0 aliphatic heterocycles. The third-order valence-corrected chi connectivity index (χ3v) is 3.63. The van der Waals surface area contributed by atoms with Gasteiger partial charge in [0.05, 0.1) is 5.30 Å². The number of aryl methyl sites for hydroxylation is 1. The van der Waals surface area contributed by atoms with Crippen LogP contribution in [0.2, 0.25) is 0 Å². The van der Waals surface area contributed by atoms with Crippen molar-refractivity contribution in [1.29, 1.82) is 0 Å². The van der Waals surface area contributed by atoms with Crippen LogP contribution < -0.4 is 10.2 Å². The molecule has 0 saturated heterocycles. The van der Waals surface area contributed by atoms with E-state index in [1.165, 1.54) is 12.1 Å². The molecule has 2 rings (SSSR count). The fourth-order valence-electron chi connectivity index (χ4n) is 1.40. The van der Waals surface area contributed by atoms with Crippen LogP contribution in [-0.4, -0.2) is 4.89 Å². The molecule has 1 atom stereocenters. The monoisotopic (exact) mass is 264 g/mol. The van der Waals surface area contributed by atoms with Gasteiger partial charge in [0.2, 0.25) is 0 Å². The fourth-order valence-corrected chi connectivity index (χ4v) is 2.22. The van der Waals surface area contributed by atoms with E-state index in [4.69, 9.17) is 9.56 Å². The molecule has 1 unspecified atom stereocenters. The Kier molecular flexibility index (Phi) is 3.82.